The van der Waals surface area contributed by atoms with Gasteiger partial charge in [0.1, 0.15) is 5.82 Å². The molecule has 0 unspecified atom stereocenters. The topological polar surface area (TPSA) is 52.6 Å². The van der Waals surface area contributed by atoms with Crippen molar-refractivity contribution in [3.8, 4) is 11.3 Å². The Balaban J connectivity index is 1.55. The lowest BCUT2D eigenvalue weighted by molar-refractivity contribution is -0.118. The van der Waals surface area contributed by atoms with E-state index in [2.05, 4.69) is 52.3 Å². The van der Waals surface area contributed by atoms with E-state index in [4.69, 9.17) is 9.97 Å². The highest BCUT2D eigenvalue weighted by molar-refractivity contribution is 5.70. The second-order valence-electron chi connectivity index (χ2n) is 7.44. The van der Waals surface area contributed by atoms with Crippen molar-refractivity contribution >= 4 is 23.9 Å². The van der Waals surface area contributed by atoms with E-state index >= 15 is 0 Å². The predicted molar refractivity (Wildman–Crippen MR) is 114 cm³/mol. The molecule has 6 nitrogen and oxygen atoms in total. The third-order valence-electron chi connectivity index (χ3n) is 5.69. The van der Waals surface area contributed by atoms with E-state index in [1.807, 2.05) is 23.1 Å². The van der Waals surface area contributed by atoms with Crippen molar-refractivity contribution in [1.29, 1.82) is 0 Å². The fourth-order valence-corrected chi connectivity index (χ4v) is 4.06. The molecule has 0 bridgehead atoms. The Hall–Kier alpha value is -3.41. The second kappa shape index (κ2) is 7.54. The predicted octanol–water partition coefficient (Wildman–Crippen LogP) is 3.12. The quantitative estimate of drug-likeness (QED) is 0.646. The summed E-state index contributed by atoms with van der Waals surface area (Å²) in [4.78, 5) is 27.2. The first-order valence-electron chi connectivity index (χ1n) is 10.1. The first kappa shape index (κ1) is 17.7. The van der Waals surface area contributed by atoms with Crippen molar-refractivity contribution in [3.05, 3.63) is 66.2 Å². The summed E-state index contributed by atoms with van der Waals surface area (Å²) in [5.74, 6) is 1.66. The Bertz CT molecular complexity index is 1010. The average Bonchev–Trinajstić information content (AvgIpc) is 3.24. The van der Waals surface area contributed by atoms with Crippen molar-refractivity contribution in [3.63, 3.8) is 0 Å². The van der Waals surface area contributed by atoms with Gasteiger partial charge in [0.05, 0.1) is 5.69 Å². The zero-order valence-electron chi connectivity index (χ0n) is 16.2. The highest BCUT2D eigenvalue weighted by Crippen LogP contribution is 2.34. The molecule has 0 radical (unpaired) electrons. The van der Waals surface area contributed by atoms with Crippen LogP contribution in [0.3, 0.4) is 0 Å². The molecular formula is C23H23N5O. The van der Waals surface area contributed by atoms with E-state index in [9.17, 15) is 4.79 Å². The normalized spacial score (nSPS) is 16.1. The monoisotopic (exact) mass is 385 g/mol. The number of carbonyl (C=O) groups excluding carboxylic acids is 1. The fourth-order valence-electron chi connectivity index (χ4n) is 4.06. The maximum Gasteiger partial charge on any atom is 0.232 e. The van der Waals surface area contributed by atoms with Gasteiger partial charge < -0.3 is 14.7 Å². The lowest BCUT2D eigenvalue weighted by Crippen LogP contribution is -2.46. The summed E-state index contributed by atoms with van der Waals surface area (Å²) >= 11 is 0. The van der Waals surface area contributed by atoms with Gasteiger partial charge in [-0.25, -0.2) is 4.98 Å². The Morgan fingerprint density at radius 2 is 1.59 bits per heavy atom. The summed E-state index contributed by atoms with van der Waals surface area (Å²) in [6, 6.07) is 20.8. The largest absolute Gasteiger partial charge is 0.353 e. The standard InChI is InChI=1S/C23H23N5O/c29-17-26-12-14-27(15-13-26)22-16-20(18-6-2-1-3-7-18)24-23(25-22)28-11-10-19-8-4-5-9-21(19)28/h1-9,16-17H,10-15H2. The molecule has 29 heavy (non-hydrogen) atoms. The van der Waals surface area contributed by atoms with Gasteiger partial charge in [-0.3, -0.25) is 4.79 Å². The molecule has 146 valence electrons. The van der Waals surface area contributed by atoms with Crippen molar-refractivity contribution < 1.29 is 4.79 Å². The van der Waals surface area contributed by atoms with Crippen molar-refractivity contribution in [1.82, 2.24) is 14.9 Å². The molecule has 1 fully saturated rings. The summed E-state index contributed by atoms with van der Waals surface area (Å²) in [6.45, 7) is 3.88. The molecule has 1 aromatic heterocycles. The molecule has 0 aliphatic carbocycles. The number of rotatable bonds is 4. The number of fused-ring (bicyclic) bond motifs is 1. The van der Waals surface area contributed by atoms with Crippen LogP contribution in [0.4, 0.5) is 17.5 Å². The summed E-state index contributed by atoms with van der Waals surface area (Å²) < 4.78 is 0. The van der Waals surface area contributed by atoms with Gasteiger partial charge in [-0.15, -0.1) is 0 Å². The van der Waals surface area contributed by atoms with Crippen LogP contribution in [0.1, 0.15) is 5.56 Å². The molecule has 0 atom stereocenters. The number of anilines is 3. The summed E-state index contributed by atoms with van der Waals surface area (Å²) in [6.07, 6.45) is 1.93. The molecule has 3 heterocycles. The van der Waals surface area contributed by atoms with E-state index in [0.29, 0.717) is 0 Å². The molecule has 0 spiro atoms. The summed E-state index contributed by atoms with van der Waals surface area (Å²) in [5.41, 5.74) is 4.53. The number of nitrogens with zero attached hydrogens (tertiary/aromatic N) is 5. The number of hydrogen-bond acceptors (Lipinski definition) is 5. The lowest BCUT2D eigenvalue weighted by Gasteiger charge is -2.34. The number of hydrogen-bond donors (Lipinski definition) is 0. The second-order valence-corrected chi connectivity index (χ2v) is 7.44. The van der Waals surface area contributed by atoms with Gasteiger partial charge in [0.15, 0.2) is 0 Å². The zero-order valence-corrected chi connectivity index (χ0v) is 16.2. The van der Waals surface area contributed by atoms with Crippen LogP contribution in [-0.2, 0) is 11.2 Å². The molecule has 3 aromatic rings. The van der Waals surface area contributed by atoms with Crippen LogP contribution in [0.5, 0.6) is 0 Å². The van der Waals surface area contributed by atoms with E-state index in [1.165, 1.54) is 11.3 Å². The van der Waals surface area contributed by atoms with Crippen molar-refractivity contribution in [2.45, 2.75) is 6.42 Å². The highest BCUT2D eigenvalue weighted by Gasteiger charge is 2.25. The Kier molecular flexibility index (Phi) is 4.60. The van der Waals surface area contributed by atoms with E-state index in [0.717, 1.165) is 68.6 Å². The molecule has 5 rings (SSSR count). The Morgan fingerprint density at radius 1 is 0.828 bits per heavy atom. The van der Waals surface area contributed by atoms with Crippen LogP contribution in [0.15, 0.2) is 60.7 Å². The maximum absolute atomic E-state index is 11.1. The van der Waals surface area contributed by atoms with E-state index < -0.39 is 0 Å². The highest BCUT2D eigenvalue weighted by atomic mass is 16.1. The molecule has 2 aliphatic heterocycles. The van der Waals surface area contributed by atoms with Gasteiger partial charge in [0, 0.05) is 50.0 Å². The number of carbonyl (C=O) groups is 1. The first-order valence-corrected chi connectivity index (χ1v) is 10.1. The van der Waals surface area contributed by atoms with Gasteiger partial charge in [-0.2, -0.15) is 4.98 Å². The Labute approximate surface area is 170 Å². The van der Waals surface area contributed by atoms with Crippen LogP contribution < -0.4 is 9.80 Å². The number of benzene rings is 2. The van der Waals surface area contributed by atoms with Crippen LogP contribution in [-0.4, -0.2) is 54.0 Å². The number of para-hydroxylation sites is 1. The number of aromatic nitrogens is 2. The molecule has 2 aliphatic rings. The molecule has 0 N–H and O–H groups in total. The van der Waals surface area contributed by atoms with E-state index in [-0.39, 0.29) is 0 Å². The lowest BCUT2D eigenvalue weighted by atomic mass is 10.1. The Morgan fingerprint density at radius 3 is 2.38 bits per heavy atom. The fraction of sp³-hybridized carbons (Fsp3) is 0.261. The van der Waals surface area contributed by atoms with E-state index in [1.54, 1.807) is 0 Å². The number of piperazine rings is 1. The molecule has 2 aromatic carbocycles. The number of amides is 1. The van der Waals surface area contributed by atoms with Gasteiger partial charge >= 0.3 is 0 Å². The van der Waals surface area contributed by atoms with Gasteiger partial charge in [0.2, 0.25) is 12.4 Å². The minimum atomic E-state index is 0.718. The maximum atomic E-state index is 11.1. The average molecular weight is 385 g/mol. The minimum absolute atomic E-state index is 0.718. The molecule has 1 saturated heterocycles. The van der Waals surface area contributed by atoms with Crippen LogP contribution in [0.25, 0.3) is 11.3 Å². The molecular weight excluding hydrogens is 362 g/mol. The van der Waals surface area contributed by atoms with Crippen LogP contribution in [0.2, 0.25) is 0 Å². The van der Waals surface area contributed by atoms with Crippen LogP contribution >= 0.6 is 0 Å². The molecule has 6 heteroatoms. The third-order valence-corrected chi connectivity index (χ3v) is 5.69. The van der Waals surface area contributed by atoms with Gasteiger partial charge in [0.25, 0.3) is 0 Å². The minimum Gasteiger partial charge on any atom is -0.353 e. The first-order chi connectivity index (χ1) is 14.3. The van der Waals surface area contributed by atoms with Gasteiger partial charge in [-0.05, 0) is 18.1 Å². The van der Waals surface area contributed by atoms with Crippen molar-refractivity contribution in [2.24, 2.45) is 0 Å². The summed E-state index contributed by atoms with van der Waals surface area (Å²) in [7, 11) is 0. The van der Waals surface area contributed by atoms with Crippen LogP contribution in [0, 0.1) is 0 Å². The molecule has 1 amide bonds. The zero-order chi connectivity index (χ0) is 19.6. The third kappa shape index (κ3) is 3.42. The summed E-state index contributed by atoms with van der Waals surface area (Å²) in [5, 5.41) is 0. The van der Waals surface area contributed by atoms with Crippen molar-refractivity contribution in [2.75, 3.05) is 42.5 Å². The van der Waals surface area contributed by atoms with Gasteiger partial charge in [-0.1, -0.05) is 48.5 Å². The SMILES string of the molecule is O=CN1CCN(c2cc(-c3ccccc3)nc(N3CCc4ccccc43)n2)CC1. The molecule has 0 saturated carbocycles. The smallest absolute Gasteiger partial charge is 0.232 e.